The Labute approximate surface area is 141 Å². The number of benzene rings is 2. The summed E-state index contributed by atoms with van der Waals surface area (Å²) in [6.07, 6.45) is 0. The standard InChI is InChI=1S/C14H12O8S2/c15-13(16)7-23-22-21-11-5-1-4-10-9(11)3-2-6-12(10)24(19,20)8-14(17)18/h1-6H,7-8H2,(H,15,16)(H,17,18). The average molecular weight is 372 g/mol. The van der Waals surface area contributed by atoms with Crippen molar-refractivity contribution in [3.05, 3.63) is 36.4 Å². The first-order valence-corrected chi connectivity index (χ1v) is 9.02. The van der Waals surface area contributed by atoms with Crippen molar-refractivity contribution in [2.75, 3.05) is 11.5 Å². The highest BCUT2D eigenvalue weighted by molar-refractivity contribution is 7.95. The molecule has 0 radical (unpaired) electrons. The molecule has 0 amide bonds. The first-order valence-electron chi connectivity index (χ1n) is 6.45. The second kappa shape index (κ2) is 7.51. The SMILES string of the molecule is O=C(O)CSOOc1cccc2c(S(=O)(=O)CC(=O)O)cccc12. The lowest BCUT2D eigenvalue weighted by atomic mass is 10.1. The third-order valence-corrected chi connectivity index (χ3v) is 5.03. The van der Waals surface area contributed by atoms with Gasteiger partial charge in [0.2, 0.25) is 0 Å². The van der Waals surface area contributed by atoms with Crippen molar-refractivity contribution in [3.63, 3.8) is 0 Å². The fourth-order valence-corrected chi connectivity index (χ4v) is 3.52. The normalized spacial score (nSPS) is 11.3. The molecule has 0 spiro atoms. The van der Waals surface area contributed by atoms with Gasteiger partial charge in [-0.15, -0.1) is 4.33 Å². The van der Waals surface area contributed by atoms with E-state index in [1.54, 1.807) is 6.07 Å². The highest BCUT2D eigenvalue weighted by Gasteiger charge is 2.22. The van der Waals surface area contributed by atoms with Crippen LogP contribution < -0.4 is 4.89 Å². The number of fused-ring (bicyclic) bond motifs is 1. The quantitative estimate of drug-likeness (QED) is 0.308. The lowest BCUT2D eigenvalue weighted by Gasteiger charge is -2.10. The topological polar surface area (TPSA) is 127 Å². The van der Waals surface area contributed by atoms with E-state index in [9.17, 15) is 18.0 Å². The molecule has 0 fully saturated rings. The van der Waals surface area contributed by atoms with Gasteiger partial charge in [-0.1, -0.05) is 24.3 Å². The third kappa shape index (κ3) is 4.37. The second-order valence-electron chi connectivity index (χ2n) is 4.57. The van der Waals surface area contributed by atoms with E-state index in [1.165, 1.54) is 30.3 Å². The van der Waals surface area contributed by atoms with Gasteiger partial charge in [0.1, 0.15) is 5.75 Å². The number of hydrogen-bond donors (Lipinski definition) is 2. The van der Waals surface area contributed by atoms with Crippen molar-refractivity contribution in [1.82, 2.24) is 0 Å². The lowest BCUT2D eigenvalue weighted by molar-refractivity contribution is -0.135. The molecule has 0 aliphatic heterocycles. The van der Waals surface area contributed by atoms with E-state index in [0.717, 1.165) is 0 Å². The summed E-state index contributed by atoms with van der Waals surface area (Å²) < 4.78 is 29.1. The molecular formula is C14H12O8S2. The molecule has 0 aliphatic carbocycles. The number of carboxylic acid groups (broad SMARTS) is 2. The Morgan fingerprint density at radius 3 is 2.33 bits per heavy atom. The summed E-state index contributed by atoms with van der Waals surface area (Å²) in [7, 11) is -4.02. The molecule has 128 valence electrons. The number of aliphatic carboxylic acids is 2. The van der Waals surface area contributed by atoms with Crippen LogP contribution in [0.5, 0.6) is 5.75 Å². The molecule has 2 rings (SSSR count). The predicted molar refractivity (Wildman–Crippen MR) is 85.4 cm³/mol. The molecule has 2 N–H and O–H groups in total. The minimum atomic E-state index is -4.02. The van der Waals surface area contributed by atoms with Crippen LogP contribution in [0, 0.1) is 0 Å². The molecule has 0 atom stereocenters. The van der Waals surface area contributed by atoms with Crippen LogP contribution in [0.4, 0.5) is 0 Å². The van der Waals surface area contributed by atoms with Gasteiger partial charge in [-0.3, -0.25) is 9.59 Å². The predicted octanol–water partition coefficient (Wildman–Crippen LogP) is 1.74. The highest BCUT2D eigenvalue weighted by Crippen LogP contribution is 2.31. The summed E-state index contributed by atoms with van der Waals surface area (Å²) in [6, 6.07) is 8.88. The van der Waals surface area contributed by atoms with Gasteiger partial charge in [-0.2, -0.15) is 0 Å². The zero-order chi connectivity index (χ0) is 17.7. The van der Waals surface area contributed by atoms with E-state index < -0.39 is 27.5 Å². The van der Waals surface area contributed by atoms with Gasteiger partial charge in [0, 0.05) is 10.8 Å². The Bertz CT molecular complexity index is 875. The van der Waals surface area contributed by atoms with Crippen LogP contribution in [0.15, 0.2) is 41.3 Å². The molecule has 0 saturated heterocycles. The zero-order valence-corrected chi connectivity index (χ0v) is 13.7. The van der Waals surface area contributed by atoms with Crippen LogP contribution in [-0.4, -0.2) is 42.1 Å². The fourth-order valence-electron chi connectivity index (χ4n) is 1.97. The number of sulfone groups is 1. The van der Waals surface area contributed by atoms with Crippen molar-refractivity contribution >= 4 is 44.6 Å². The second-order valence-corrected chi connectivity index (χ2v) is 7.19. The Morgan fingerprint density at radius 1 is 1.00 bits per heavy atom. The molecule has 2 aromatic carbocycles. The largest absolute Gasteiger partial charge is 0.481 e. The van der Waals surface area contributed by atoms with E-state index in [4.69, 9.17) is 19.4 Å². The Hall–Kier alpha value is -2.30. The summed E-state index contributed by atoms with van der Waals surface area (Å²) in [5, 5.41) is 17.9. The summed E-state index contributed by atoms with van der Waals surface area (Å²) in [6.45, 7) is 0. The van der Waals surface area contributed by atoms with Gasteiger partial charge < -0.3 is 15.1 Å². The molecule has 0 saturated carbocycles. The molecular weight excluding hydrogens is 360 g/mol. The van der Waals surface area contributed by atoms with Gasteiger partial charge >= 0.3 is 11.9 Å². The fraction of sp³-hybridized carbons (Fsp3) is 0.143. The van der Waals surface area contributed by atoms with Gasteiger partial charge in [-0.05, 0) is 12.1 Å². The number of hydrogen-bond acceptors (Lipinski definition) is 7. The van der Waals surface area contributed by atoms with E-state index in [1.807, 2.05) is 0 Å². The van der Waals surface area contributed by atoms with Crippen LogP contribution in [0.25, 0.3) is 10.8 Å². The highest BCUT2D eigenvalue weighted by atomic mass is 32.2. The monoisotopic (exact) mass is 372 g/mol. The molecule has 0 aromatic heterocycles. The van der Waals surface area contributed by atoms with Crippen LogP contribution >= 0.6 is 12.0 Å². The number of carboxylic acids is 2. The van der Waals surface area contributed by atoms with Crippen LogP contribution in [0.1, 0.15) is 0 Å². The Kier molecular flexibility index (Phi) is 5.65. The lowest BCUT2D eigenvalue weighted by Crippen LogP contribution is -2.15. The summed E-state index contributed by atoms with van der Waals surface area (Å²) in [4.78, 5) is 26.0. The third-order valence-electron chi connectivity index (χ3n) is 2.84. The molecule has 8 nitrogen and oxygen atoms in total. The van der Waals surface area contributed by atoms with Crippen molar-refractivity contribution < 1.29 is 37.4 Å². The van der Waals surface area contributed by atoms with E-state index in [-0.39, 0.29) is 21.8 Å². The van der Waals surface area contributed by atoms with Gasteiger partial charge in [0.25, 0.3) is 0 Å². The maximum Gasteiger partial charge on any atom is 0.319 e. The molecule has 24 heavy (non-hydrogen) atoms. The van der Waals surface area contributed by atoms with Crippen LogP contribution in [0.3, 0.4) is 0 Å². The molecule has 0 aliphatic rings. The van der Waals surface area contributed by atoms with Gasteiger partial charge in [0.15, 0.2) is 21.3 Å². The number of carbonyl (C=O) groups is 2. The summed E-state index contributed by atoms with van der Waals surface area (Å²) >= 11 is 0.565. The van der Waals surface area contributed by atoms with E-state index in [2.05, 4.69) is 0 Å². The van der Waals surface area contributed by atoms with Crippen molar-refractivity contribution in [3.8, 4) is 5.75 Å². The molecule has 10 heteroatoms. The van der Waals surface area contributed by atoms with Crippen molar-refractivity contribution in [1.29, 1.82) is 0 Å². The minimum absolute atomic E-state index is 0.133. The first kappa shape index (κ1) is 18.0. The molecule has 0 bridgehead atoms. The van der Waals surface area contributed by atoms with Crippen molar-refractivity contribution in [2.24, 2.45) is 0 Å². The molecule has 0 heterocycles. The Morgan fingerprint density at radius 2 is 1.67 bits per heavy atom. The maximum absolute atomic E-state index is 12.2. The average Bonchev–Trinajstić information content (AvgIpc) is 2.49. The number of rotatable bonds is 8. The van der Waals surface area contributed by atoms with Gasteiger partial charge in [-0.25, -0.2) is 8.42 Å². The van der Waals surface area contributed by atoms with Crippen LogP contribution in [0.2, 0.25) is 0 Å². The zero-order valence-electron chi connectivity index (χ0n) is 12.0. The summed E-state index contributed by atoms with van der Waals surface area (Å²) in [5.41, 5.74) is 0. The summed E-state index contributed by atoms with van der Waals surface area (Å²) in [5.74, 6) is -3.71. The maximum atomic E-state index is 12.2. The Balaban J connectivity index is 2.36. The van der Waals surface area contributed by atoms with Crippen molar-refractivity contribution in [2.45, 2.75) is 4.90 Å². The van der Waals surface area contributed by atoms with E-state index >= 15 is 0 Å². The van der Waals surface area contributed by atoms with Gasteiger partial charge in [0.05, 0.1) is 16.9 Å². The minimum Gasteiger partial charge on any atom is -0.481 e. The van der Waals surface area contributed by atoms with Crippen LogP contribution in [-0.2, 0) is 23.8 Å². The molecule has 0 unspecified atom stereocenters. The molecule has 2 aromatic rings. The van der Waals surface area contributed by atoms with E-state index in [0.29, 0.717) is 17.4 Å². The first-order chi connectivity index (χ1) is 11.3. The smallest absolute Gasteiger partial charge is 0.319 e.